The third kappa shape index (κ3) is 2.46. The standard InChI is InChI=1S/C15H18N2O4/c18-13-10(8-9-4-1-2-5-11(9)16-13)14(19)17-7-3-6-12(17)15(20)21/h8,12H,1-7H2,(H,16,18)(H,20,21). The Kier molecular flexibility index (Phi) is 3.53. The van der Waals surface area contributed by atoms with E-state index < -0.39 is 23.5 Å². The number of pyridine rings is 1. The predicted molar refractivity (Wildman–Crippen MR) is 75.4 cm³/mol. The lowest BCUT2D eigenvalue weighted by Crippen LogP contribution is -2.42. The Labute approximate surface area is 121 Å². The first kappa shape index (κ1) is 13.9. The molecule has 0 spiro atoms. The molecule has 1 unspecified atom stereocenters. The number of hydrogen-bond donors (Lipinski definition) is 2. The Hall–Kier alpha value is -2.11. The molecule has 1 aliphatic heterocycles. The van der Waals surface area contributed by atoms with Crippen LogP contribution in [0.1, 0.15) is 47.3 Å². The number of carbonyl (C=O) groups excluding carboxylic acids is 1. The Balaban J connectivity index is 1.94. The summed E-state index contributed by atoms with van der Waals surface area (Å²) in [6.45, 7) is 0.395. The molecular weight excluding hydrogens is 272 g/mol. The quantitative estimate of drug-likeness (QED) is 0.848. The van der Waals surface area contributed by atoms with Gasteiger partial charge in [0.15, 0.2) is 0 Å². The fourth-order valence-electron chi connectivity index (χ4n) is 3.25. The Bertz CT molecular complexity index is 650. The molecule has 1 saturated heterocycles. The van der Waals surface area contributed by atoms with Crippen LogP contribution in [0.5, 0.6) is 0 Å². The van der Waals surface area contributed by atoms with Crippen LogP contribution in [0.25, 0.3) is 0 Å². The van der Waals surface area contributed by atoms with E-state index in [9.17, 15) is 14.4 Å². The minimum Gasteiger partial charge on any atom is -0.480 e. The number of amides is 1. The number of rotatable bonds is 2. The van der Waals surface area contributed by atoms with Gasteiger partial charge in [-0.3, -0.25) is 9.59 Å². The molecular formula is C15H18N2O4. The number of likely N-dealkylation sites (tertiary alicyclic amines) is 1. The van der Waals surface area contributed by atoms with E-state index in [1.54, 1.807) is 6.07 Å². The van der Waals surface area contributed by atoms with Gasteiger partial charge in [0.1, 0.15) is 11.6 Å². The second-order valence-electron chi connectivity index (χ2n) is 5.72. The van der Waals surface area contributed by atoms with E-state index in [4.69, 9.17) is 5.11 Å². The number of nitrogens with one attached hydrogen (secondary N) is 1. The zero-order valence-electron chi connectivity index (χ0n) is 11.7. The van der Waals surface area contributed by atoms with Gasteiger partial charge in [0.2, 0.25) is 0 Å². The normalized spacial score (nSPS) is 21.1. The number of hydrogen-bond acceptors (Lipinski definition) is 3. The van der Waals surface area contributed by atoms with Gasteiger partial charge >= 0.3 is 5.97 Å². The van der Waals surface area contributed by atoms with E-state index in [2.05, 4.69) is 4.98 Å². The molecule has 6 heteroatoms. The molecule has 0 saturated carbocycles. The summed E-state index contributed by atoms with van der Waals surface area (Å²) < 4.78 is 0. The fraction of sp³-hybridized carbons (Fsp3) is 0.533. The summed E-state index contributed by atoms with van der Waals surface area (Å²) in [7, 11) is 0. The number of carbonyl (C=O) groups is 2. The fourth-order valence-corrected chi connectivity index (χ4v) is 3.25. The van der Waals surface area contributed by atoms with Crippen molar-refractivity contribution in [2.75, 3.05) is 6.54 Å². The molecule has 21 heavy (non-hydrogen) atoms. The minimum absolute atomic E-state index is 0.0730. The van der Waals surface area contributed by atoms with Crippen molar-refractivity contribution in [3.05, 3.63) is 33.2 Å². The first-order valence-electron chi connectivity index (χ1n) is 7.37. The molecule has 3 rings (SSSR count). The highest BCUT2D eigenvalue weighted by Crippen LogP contribution is 2.22. The van der Waals surface area contributed by atoms with Gasteiger partial charge in [-0.05, 0) is 50.2 Å². The SMILES string of the molecule is O=C(O)C1CCCN1C(=O)c1cc2c([nH]c1=O)CCCC2. The van der Waals surface area contributed by atoms with Crippen LogP contribution in [0, 0.1) is 0 Å². The number of H-pyrrole nitrogens is 1. The monoisotopic (exact) mass is 290 g/mol. The van der Waals surface area contributed by atoms with Crippen LogP contribution in [0.3, 0.4) is 0 Å². The van der Waals surface area contributed by atoms with Crippen molar-refractivity contribution in [1.82, 2.24) is 9.88 Å². The lowest BCUT2D eigenvalue weighted by Gasteiger charge is -2.22. The second-order valence-corrected chi connectivity index (χ2v) is 5.72. The van der Waals surface area contributed by atoms with Gasteiger partial charge in [0.25, 0.3) is 11.5 Å². The number of fused-ring (bicyclic) bond motifs is 1. The van der Waals surface area contributed by atoms with E-state index in [0.717, 1.165) is 36.9 Å². The maximum Gasteiger partial charge on any atom is 0.326 e. The Morgan fingerprint density at radius 3 is 2.76 bits per heavy atom. The van der Waals surface area contributed by atoms with Crippen LogP contribution in [0.2, 0.25) is 0 Å². The summed E-state index contributed by atoms with van der Waals surface area (Å²) in [4.78, 5) is 39.9. The van der Waals surface area contributed by atoms with Crippen LogP contribution < -0.4 is 5.56 Å². The summed E-state index contributed by atoms with van der Waals surface area (Å²) >= 11 is 0. The highest BCUT2D eigenvalue weighted by atomic mass is 16.4. The molecule has 1 aromatic heterocycles. The number of aryl methyl sites for hydroxylation is 2. The summed E-state index contributed by atoms with van der Waals surface area (Å²) in [5.41, 5.74) is 1.59. The van der Waals surface area contributed by atoms with Gasteiger partial charge in [-0.15, -0.1) is 0 Å². The maximum absolute atomic E-state index is 12.5. The summed E-state index contributed by atoms with van der Waals surface area (Å²) in [6.07, 6.45) is 4.89. The molecule has 2 heterocycles. The predicted octanol–water partition coefficient (Wildman–Crippen LogP) is 0.943. The maximum atomic E-state index is 12.5. The van der Waals surface area contributed by atoms with Crippen LogP contribution in [-0.4, -0.2) is 39.5 Å². The molecule has 2 aliphatic rings. The zero-order chi connectivity index (χ0) is 15.0. The Morgan fingerprint density at radius 1 is 1.24 bits per heavy atom. The lowest BCUT2D eigenvalue weighted by atomic mass is 9.95. The minimum atomic E-state index is -1.00. The number of carboxylic acid groups (broad SMARTS) is 1. The number of nitrogens with zero attached hydrogens (tertiary/aromatic N) is 1. The van der Waals surface area contributed by atoms with Crippen molar-refractivity contribution >= 4 is 11.9 Å². The summed E-state index contributed by atoms with van der Waals surface area (Å²) in [6, 6.07) is 0.848. The topological polar surface area (TPSA) is 90.5 Å². The van der Waals surface area contributed by atoms with Crippen molar-refractivity contribution < 1.29 is 14.7 Å². The van der Waals surface area contributed by atoms with Crippen molar-refractivity contribution in [2.24, 2.45) is 0 Å². The van der Waals surface area contributed by atoms with Gasteiger partial charge in [-0.2, -0.15) is 0 Å². The summed E-state index contributed by atoms with van der Waals surface area (Å²) in [5, 5.41) is 9.16. The molecule has 0 radical (unpaired) electrons. The number of aromatic amines is 1. The smallest absolute Gasteiger partial charge is 0.326 e. The molecule has 2 N–H and O–H groups in total. The average molecular weight is 290 g/mol. The van der Waals surface area contributed by atoms with Crippen LogP contribution in [-0.2, 0) is 17.6 Å². The Morgan fingerprint density at radius 2 is 2.00 bits per heavy atom. The molecule has 1 aromatic rings. The zero-order valence-corrected chi connectivity index (χ0v) is 11.7. The molecule has 1 aliphatic carbocycles. The van der Waals surface area contributed by atoms with E-state index in [1.807, 2.05) is 0 Å². The largest absolute Gasteiger partial charge is 0.480 e. The highest BCUT2D eigenvalue weighted by molar-refractivity contribution is 5.96. The second kappa shape index (κ2) is 5.35. The van der Waals surface area contributed by atoms with Crippen LogP contribution in [0.4, 0.5) is 0 Å². The van der Waals surface area contributed by atoms with Gasteiger partial charge in [0.05, 0.1) is 0 Å². The van der Waals surface area contributed by atoms with Crippen molar-refractivity contribution in [3.8, 4) is 0 Å². The van der Waals surface area contributed by atoms with Crippen molar-refractivity contribution in [3.63, 3.8) is 0 Å². The molecule has 1 fully saturated rings. The number of aliphatic carboxylic acids is 1. The summed E-state index contributed by atoms with van der Waals surface area (Å²) in [5.74, 6) is -1.47. The molecule has 1 atom stereocenters. The molecule has 1 amide bonds. The highest BCUT2D eigenvalue weighted by Gasteiger charge is 2.35. The van der Waals surface area contributed by atoms with Crippen molar-refractivity contribution in [1.29, 1.82) is 0 Å². The van der Waals surface area contributed by atoms with E-state index in [-0.39, 0.29) is 5.56 Å². The first-order valence-corrected chi connectivity index (χ1v) is 7.37. The van der Waals surface area contributed by atoms with E-state index >= 15 is 0 Å². The first-order chi connectivity index (χ1) is 10.1. The van der Waals surface area contributed by atoms with Gasteiger partial charge in [0, 0.05) is 12.2 Å². The molecule has 0 aromatic carbocycles. The third-order valence-electron chi connectivity index (χ3n) is 4.37. The van der Waals surface area contributed by atoms with E-state index in [0.29, 0.717) is 19.4 Å². The van der Waals surface area contributed by atoms with Gasteiger partial charge < -0.3 is 15.0 Å². The third-order valence-corrected chi connectivity index (χ3v) is 4.37. The van der Waals surface area contributed by atoms with Gasteiger partial charge in [-0.1, -0.05) is 0 Å². The van der Waals surface area contributed by atoms with Crippen LogP contribution >= 0.6 is 0 Å². The van der Waals surface area contributed by atoms with E-state index in [1.165, 1.54) is 4.90 Å². The molecule has 112 valence electrons. The molecule has 6 nitrogen and oxygen atoms in total. The number of carboxylic acids is 1. The average Bonchev–Trinajstić information content (AvgIpc) is 2.95. The lowest BCUT2D eigenvalue weighted by molar-refractivity contribution is -0.141. The number of aromatic nitrogens is 1. The van der Waals surface area contributed by atoms with Crippen LogP contribution in [0.15, 0.2) is 10.9 Å². The van der Waals surface area contributed by atoms with Gasteiger partial charge in [-0.25, -0.2) is 4.79 Å². The van der Waals surface area contributed by atoms with Crippen molar-refractivity contribution in [2.45, 2.75) is 44.6 Å². The molecule has 0 bridgehead atoms.